The molecule has 23 heavy (non-hydrogen) atoms. The van der Waals surface area contributed by atoms with E-state index in [0.717, 1.165) is 5.56 Å². The van der Waals surface area contributed by atoms with Crippen LogP contribution in [-0.2, 0) is 11.3 Å². The summed E-state index contributed by atoms with van der Waals surface area (Å²) in [5.41, 5.74) is 1.33. The molecular formula is C17H14N4O2. The first kappa shape index (κ1) is 14.6. The molecule has 0 saturated heterocycles. The number of pyridine rings is 1. The molecule has 0 unspecified atom stereocenters. The highest BCUT2D eigenvalue weighted by Gasteiger charge is 2.08. The number of hydrogen-bond donors (Lipinski definition) is 1. The van der Waals surface area contributed by atoms with Gasteiger partial charge in [0.05, 0.1) is 5.56 Å². The van der Waals surface area contributed by atoms with Crippen LogP contribution in [0.5, 0.6) is 0 Å². The van der Waals surface area contributed by atoms with Crippen molar-refractivity contribution < 1.29 is 9.53 Å². The number of benzene rings is 1. The van der Waals surface area contributed by atoms with Crippen molar-refractivity contribution in [1.82, 2.24) is 15.0 Å². The highest BCUT2D eigenvalue weighted by Crippen LogP contribution is 2.11. The molecule has 114 valence electrons. The maximum absolute atomic E-state index is 12.0. The number of ether oxygens (including phenoxy) is 1. The predicted octanol–water partition coefficient (Wildman–Crippen LogP) is 2.97. The lowest BCUT2D eigenvalue weighted by Crippen LogP contribution is -2.06. The van der Waals surface area contributed by atoms with Gasteiger partial charge in [-0.1, -0.05) is 30.3 Å². The van der Waals surface area contributed by atoms with Gasteiger partial charge in [0.15, 0.2) is 0 Å². The van der Waals surface area contributed by atoms with Crippen LogP contribution in [0.3, 0.4) is 0 Å². The van der Waals surface area contributed by atoms with Crippen molar-refractivity contribution in [3.8, 4) is 0 Å². The third-order valence-corrected chi connectivity index (χ3v) is 3.02. The largest absolute Gasteiger partial charge is 0.457 e. The van der Waals surface area contributed by atoms with Gasteiger partial charge in [-0.05, 0) is 23.8 Å². The van der Waals surface area contributed by atoms with Crippen molar-refractivity contribution >= 4 is 17.7 Å². The van der Waals surface area contributed by atoms with Gasteiger partial charge in [-0.25, -0.2) is 19.7 Å². The summed E-state index contributed by atoms with van der Waals surface area (Å²) in [6.45, 7) is 0.234. The maximum Gasteiger partial charge on any atom is 0.340 e. The molecule has 1 N–H and O–H groups in total. The Hall–Kier alpha value is -3.28. The fourth-order valence-electron chi connectivity index (χ4n) is 1.87. The third-order valence-electron chi connectivity index (χ3n) is 3.02. The van der Waals surface area contributed by atoms with Crippen LogP contribution < -0.4 is 5.32 Å². The van der Waals surface area contributed by atoms with Crippen LogP contribution in [0.4, 0.5) is 11.8 Å². The summed E-state index contributed by atoms with van der Waals surface area (Å²) in [4.78, 5) is 24.2. The minimum atomic E-state index is -0.413. The van der Waals surface area contributed by atoms with Crippen molar-refractivity contribution in [2.75, 3.05) is 5.32 Å². The molecule has 0 amide bonds. The quantitative estimate of drug-likeness (QED) is 0.730. The SMILES string of the molecule is O=C(OCc1ccccc1)c1ccc(Nc2ncccn2)nc1. The standard InChI is InChI=1S/C17H14N4O2/c22-16(23-12-13-5-2-1-3-6-13)14-7-8-15(20-11-14)21-17-18-9-4-10-19-17/h1-11H,12H2,(H,18,19,20,21). The van der Waals surface area contributed by atoms with Gasteiger partial charge in [-0.2, -0.15) is 0 Å². The molecule has 6 heteroatoms. The highest BCUT2D eigenvalue weighted by atomic mass is 16.5. The normalized spacial score (nSPS) is 10.1. The molecular weight excluding hydrogens is 292 g/mol. The van der Waals surface area contributed by atoms with Gasteiger partial charge < -0.3 is 10.1 Å². The highest BCUT2D eigenvalue weighted by molar-refractivity contribution is 5.89. The smallest absolute Gasteiger partial charge is 0.340 e. The van der Waals surface area contributed by atoms with E-state index in [1.54, 1.807) is 30.6 Å². The number of hydrogen-bond acceptors (Lipinski definition) is 6. The average molecular weight is 306 g/mol. The Morgan fingerprint density at radius 2 is 1.74 bits per heavy atom. The Morgan fingerprint density at radius 3 is 2.43 bits per heavy atom. The van der Waals surface area contributed by atoms with Gasteiger partial charge >= 0.3 is 5.97 Å². The average Bonchev–Trinajstić information content (AvgIpc) is 2.62. The minimum Gasteiger partial charge on any atom is -0.457 e. The van der Waals surface area contributed by atoms with Gasteiger partial charge in [0.25, 0.3) is 0 Å². The number of carbonyl (C=O) groups excluding carboxylic acids is 1. The second-order valence-corrected chi connectivity index (χ2v) is 4.69. The molecule has 2 aromatic heterocycles. The monoisotopic (exact) mass is 306 g/mol. The van der Waals surface area contributed by atoms with E-state index in [0.29, 0.717) is 17.3 Å². The lowest BCUT2D eigenvalue weighted by molar-refractivity contribution is 0.0472. The van der Waals surface area contributed by atoms with E-state index in [4.69, 9.17) is 4.74 Å². The zero-order valence-electron chi connectivity index (χ0n) is 12.2. The van der Waals surface area contributed by atoms with Gasteiger partial charge in [-0.3, -0.25) is 0 Å². The molecule has 3 rings (SSSR count). The predicted molar refractivity (Wildman–Crippen MR) is 85.1 cm³/mol. The molecule has 0 spiro atoms. The Balaban J connectivity index is 1.59. The van der Waals surface area contributed by atoms with Gasteiger partial charge in [0, 0.05) is 18.6 Å². The summed E-state index contributed by atoms with van der Waals surface area (Å²) in [6.07, 6.45) is 4.72. The molecule has 0 fully saturated rings. The number of anilines is 2. The van der Waals surface area contributed by atoms with Gasteiger partial charge in [0.2, 0.25) is 5.95 Å². The number of nitrogens with one attached hydrogen (secondary N) is 1. The van der Waals surface area contributed by atoms with Crippen LogP contribution in [0.25, 0.3) is 0 Å². The van der Waals surface area contributed by atoms with Crippen LogP contribution in [-0.4, -0.2) is 20.9 Å². The van der Waals surface area contributed by atoms with Gasteiger partial charge in [-0.15, -0.1) is 0 Å². The Kier molecular flexibility index (Phi) is 4.54. The fourth-order valence-corrected chi connectivity index (χ4v) is 1.87. The number of carbonyl (C=O) groups is 1. The summed E-state index contributed by atoms with van der Waals surface area (Å²) in [5, 5.41) is 2.94. The lowest BCUT2D eigenvalue weighted by Gasteiger charge is -2.06. The minimum absolute atomic E-state index is 0.234. The molecule has 6 nitrogen and oxygen atoms in total. The number of esters is 1. The molecule has 0 saturated carbocycles. The van der Waals surface area contributed by atoms with Gasteiger partial charge in [0.1, 0.15) is 12.4 Å². The number of aromatic nitrogens is 3. The third kappa shape index (κ3) is 4.10. The molecule has 0 bridgehead atoms. The van der Waals surface area contributed by atoms with Crippen molar-refractivity contribution in [3.63, 3.8) is 0 Å². The Morgan fingerprint density at radius 1 is 0.957 bits per heavy atom. The van der Waals surface area contributed by atoms with E-state index in [1.807, 2.05) is 30.3 Å². The molecule has 0 aliphatic carbocycles. The summed E-state index contributed by atoms with van der Waals surface area (Å²) in [7, 11) is 0. The topological polar surface area (TPSA) is 77.0 Å². The Labute approximate surface area is 133 Å². The zero-order chi connectivity index (χ0) is 15.9. The van der Waals surface area contributed by atoms with Crippen LogP contribution in [0.1, 0.15) is 15.9 Å². The van der Waals surface area contributed by atoms with E-state index in [2.05, 4.69) is 20.3 Å². The van der Waals surface area contributed by atoms with E-state index >= 15 is 0 Å². The van der Waals surface area contributed by atoms with Crippen molar-refractivity contribution in [1.29, 1.82) is 0 Å². The van der Waals surface area contributed by atoms with Crippen LogP contribution in [0.15, 0.2) is 67.1 Å². The first-order chi connectivity index (χ1) is 11.3. The van der Waals surface area contributed by atoms with E-state index in [9.17, 15) is 4.79 Å². The van der Waals surface area contributed by atoms with Crippen molar-refractivity contribution in [2.24, 2.45) is 0 Å². The fraction of sp³-hybridized carbons (Fsp3) is 0.0588. The molecule has 0 atom stereocenters. The second-order valence-electron chi connectivity index (χ2n) is 4.69. The molecule has 0 radical (unpaired) electrons. The number of nitrogens with zero attached hydrogens (tertiary/aromatic N) is 3. The lowest BCUT2D eigenvalue weighted by atomic mass is 10.2. The number of rotatable bonds is 5. The molecule has 0 aliphatic heterocycles. The summed E-state index contributed by atoms with van der Waals surface area (Å²) >= 11 is 0. The van der Waals surface area contributed by atoms with E-state index < -0.39 is 5.97 Å². The molecule has 1 aromatic carbocycles. The maximum atomic E-state index is 12.0. The molecule has 3 aromatic rings. The van der Waals surface area contributed by atoms with Crippen molar-refractivity contribution in [2.45, 2.75) is 6.61 Å². The van der Waals surface area contributed by atoms with E-state index in [1.165, 1.54) is 6.20 Å². The molecule has 2 heterocycles. The van der Waals surface area contributed by atoms with Crippen molar-refractivity contribution in [3.05, 3.63) is 78.2 Å². The Bertz CT molecular complexity index is 762. The van der Waals surface area contributed by atoms with E-state index in [-0.39, 0.29) is 6.61 Å². The van der Waals surface area contributed by atoms with Crippen LogP contribution in [0, 0.1) is 0 Å². The summed E-state index contributed by atoms with van der Waals surface area (Å²) in [6, 6.07) is 14.6. The zero-order valence-corrected chi connectivity index (χ0v) is 12.2. The first-order valence-corrected chi connectivity index (χ1v) is 7.02. The van der Waals surface area contributed by atoms with Crippen LogP contribution in [0.2, 0.25) is 0 Å². The molecule has 0 aliphatic rings. The second kappa shape index (κ2) is 7.13. The summed E-state index contributed by atoms with van der Waals surface area (Å²) < 4.78 is 5.25. The van der Waals surface area contributed by atoms with Crippen LogP contribution >= 0.6 is 0 Å². The first-order valence-electron chi connectivity index (χ1n) is 7.02. The summed E-state index contributed by atoms with van der Waals surface area (Å²) in [5.74, 6) is 0.582.